The van der Waals surface area contributed by atoms with Crippen LogP contribution in [0, 0.1) is 5.41 Å². The highest BCUT2D eigenvalue weighted by atomic mass is 16.5. The minimum atomic E-state index is 0.191. The molecule has 0 saturated heterocycles. The van der Waals surface area contributed by atoms with Gasteiger partial charge in [0.05, 0.1) is 6.10 Å². The van der Waals surface area contributed by atoms with Crippen LogP contribution < -0.4 is 5.32 Å². The molecule has 0 aromatic heterocycles. The van der Waals surface area contributed by atoms with Gasteiger partial charge in [-0.25, -0.2) is 0 Å². The van der Waals surface area contributed by atoms with Gasteiger partial charge in [-0.05, 0) is 31.2 Å². The second-order valence-corrected chi connectivity index (χ2v) is 6.58. The molecule has 0 amide bonds. The lowest BCUT2D eigenvalue weighted by Gasteiger charge is -2.52. The Morgan fingerprint density at radius 2 is 2.05 bits per heavy atom. The van der Waals surface area contributed by atoms with E-state index >= 15 is 0 Å². The highest BCUT2D eigenvalue weighted by molar-refractivity contribution is 5.20. The molecule has 1 aliphatic carbocycles. The third-order valence-corrected chi connectivity index (χ3v) is 4.90. The van der Waals surface area contributed by atoms with Crippen molar-refractivity contribution in [2.45, 2.75) is 51.7 Å². The molecule has 2 N–H and O–H groups in total. The molecule has 1 saturated carbocycles. The lowest BCUT2D eigenvalue weighted by Crippen LogP contribution is -2.61. The van der Waals surface area contributed by atoms with E-state index in [-0.39, 0.29) is 12.0 Å². The fourth-order valence-electron chi connectivity index (χ4n) is 3.27. The number of aliphatic hydroxyl groups is 1. The highest BCUT2D eigenvalue weighted by Gasteiger charge is 2.48. The second-order valence-electron chi connectivity index (χ2n) is 6.58. The number of ether oxygens (including phenoxy) is 1. The van der Waals surface area contributed by atoms with Crippen molar-refractivity contribution >= 4 is 0 Å². The number of aliphatic hydroxyl groups excluding tert-OH is 1. The Labute approximate surface area is 128 Å². The van der Waals surface area contributed by atoms with Gasteiger partial charge in [-0.1, -0.05) is 44.2 Å². The van der Waals surface area contributed by atoms with E-state index in [2.05, 4.69) is 50.4 Å². The van der Waals surface area contributed by atoms with E-state index in [1.54, 1.807) is 0 Å². The van der Waals surface area contributed by atoms with Crippen LogP contribution in [0.1, 0.15) is 45.1 Å². The van der Waals surface area contributed by atoms with Gasteiger partial charge in [-0.15, -0.1) is 0 Å². The van der Waals surface area contributed by atoms with Gasteiger partial charge in [0, 0.05) is 31.2 Å². The molecule has 1 aliphatic rings. The standard InChI is InChI=1S/C18H29NO2/c1-4-21-17-12-16(18(17,2)3)19-13-15(10-11-20)14-8-6-5-7-9-14/h5-9,15-17,19-20H,4,10-13H2,1-3H3. The summed E-state index contributed by atoms with van der Waals surface area (Å²) < 4.78 is 5.78. The van der Waals surface area contributed by atoms with Crippen LogP contribution >= 0.6 is 0 Å². The molecule has 0 bridgehead atoms. The van der Waals surface area contributed by atoms with E-state index in [9.17, 15) is 5.11 Å². The summed E-state index contributed by atoms with van der Waals surface area (Å²) in [6, 6.07) is 11.0. The highest BCUT2D eigenvalue weighted by Crippen LogP contribution is 2.42. The Morgan fingerprint density at radius 3 is 2.62 bits per heavy atom. The molecule has 0 aliphatic heterocycles. The molecule has 3 heteroatoms. The van der Waals surface area contributed by atoms with Gasteiger partial charge in [0.15, 0.2) is 0 Å². The van der Waals surface area contributed by atoms with Crippen LogP contribution in [0.15, 0.2) is 30.3 Å². The number of nitrogens with one attached hydrogen (secondary N) is 1. The number of hydrogen-bond donors (Lipinski definition) is 2. The Morgan fingerprint density at radius 1 is 1.33 bits per heavy atom. The summed E-state index contributed by atoms with van der Waals surface area (Å²) in [6.07, 6.45) is 2.26. The minimum Gasteiger partial charge on any atom is -0.396 e. The normalized spacial score (nSPS) is 25.3. The van der Waals surface area contributed by atoms with Gasteiger partial charge < -0.3 is 15.2 Å². The van der Waals surface area contributed by atoms with Gasteiger partial charge in [0.1, 0.15) is 0 Å². The summed E-state index contributed by atoms with van der Waals surface area (Å²) in [7, 11) is 0. The first-order valence-electron chi connectivity index (χ1n) is 8.10. The smallest absolute Gasteiger partial charge is 0.0655 e. The molecule has 3 atom stereocenters. The third-order valence-electron chi connectivity index (χ3n) is 4.90. The van der Waals surface area contributed by atoms with Crippen molar-refractivity contribution in [2.75, 3.05) is 19.8 Å². The molecule has 3 unspecified atom stereocenters. The Hall–Kier alpha value is -0.900. The molecule has 1 aromatic rings. The summed E-state index contributed by atoms with van der Waals surface area (Å²) in [4.78, 5) is 0. The SMILES string of the molecule is CCOC1CC(NCC(CCO)c2ccccc2)C1(C)C. The molecule has 1 aromatic carbocycles. The van der Waals surface area contributed by atoms with Crippen LogP contribution in [0.3, 0.4) is 0 Å². The van der Waals surface area contributed by atoms with E-state index in [0.717, 1.165) is 26.0 Å². The van der Waals surface area contributed by atoms with E-state index < -0.39 is 0 Å². The fraction of sp³-hybridized carbons (Fsp3) is 0.667. The topological polar surface area (TPSA) is 41.5 Å². The predicted octanol–water partition coefficient (Wildman–Crippen LogP) is 2.95. The quantitative estimate of drug-likeness (QED) is 0.774. The summed E-state index contributed by atoms with van der Waals surface area (Å²) in [5.41, 5.74) is 1.49. The van der Waals surface area contributed by atoms with Crippen molar-refractivity contribution in [3.8, 4) is 0 Å². The van der Waals surface area contributed by atoms with Crippen LogP contribution in [0.2, 0.25) is 0 Å². The average molecular weight is 291 g/mol. The van der Waals surface area contributed by atoms with Crippen molar-refractivity contribution in [2.24, 2.45) is 5.41 Å². The third kappa shape index (κ3) is 3.85. The minimum absolute atomic E-state index is 0.191. The molecule has 2 rings (SSSR count). The molecule has 118 valence electrons. The fourth-order valence-corrected chi connectivity index (χ4v) is 3.27. The first-order valence-corrected chi connectivity index (χ1v) is 8.10. The summed E-state index contributed by atoms with van der Waals surface area (Å²) in [6.45, 7) is 8.55. The summed E-state index contributed by atoms with van der Waals surface area (Å²) >= 11 is 0. The number of hydrogen-bond acceptors (Lipinski definition) is 3. The average Bonchev–Trinajstić information content (AvgIpc) is 2.49. The van der Waals surface area contributed by atoms with Crippen LogP contribution in [-0.2, 0) is 4.74 Å². The van der Waals surface area contributed by atoms with Crippen molar-refractivity contribution < 1.29 is 9.84 Å². The monoisotopic (exact) mass is 291 g/mol. The van der Waals surface area contributed by atoms with Crippen LogP contribution in [0.5, 0.6) is 0 Å². The molecule has 0 spiro atoms. The van der Waals surface area contributed by atoms with Gasteiger partial charge in [0.2, 0.25) is 0 Å². The predicted molar refractivity (Wildman–Crippen MR) is 86.5 cm³/mol. The van der Waals surface area contributed by atoms with Crippen molar-refractivity contribution in [1.82, 2.24) is 5.32 Å². The molecule has 21 heavy (non-hydrogen) atoms. The van der Waals surface area contributed by atoms with Crippen LogP contribution in [0.4, 0.5) is 0 Å². The molecule has 0 heterocycles. The largest absolute Gasteiger partial charge is 0.396 e. The lowest BCUT2D eigenvalue weighted by molar-refractivity contribution is -0.114. The zero-order valence-electron chi connectivity index (χ0n) is 13.5. The van der Waals surface area contributed by atoms with E-state index in [1.165, 1.54) is 5.56 Å². The van der Waals surface area contributed by atoms with E-state index in [4.69, 9.17) is 4.74 Å². The van der Waals surface area contributed by atoms with Gasteiger partial charge >= 0.3 is 0 Å². The zero-order chi connectivity index (χ0) is 15.3. The van der Waals surface area contributed by atoms with E-state index in [1.807, 2.05) is 6.07 Å². The molecular weight excluding hydrogens is 262 g/mol. The summed E-state index contributed by atoms with van der Waals surface area (Å²) in [5, 5.41) is 13.0. The maximum Gasteiger partial charge on any atom is 0.0655 e. The van der Waals surface area contributed by atoms with Gasteiger partial charge in [-0.2, -0.15) is 0 Å². The first-order chi connectivity index (χ1) is 10.1. The summed E-state index contributed by atoms with van der Waals surface area (Å²) in [5.74, 6) is 0.373. The molecule has 1 fully saturated rings. The van der Waals surface area contributed by atoms with Crippen molar-refractivity contribution in [3.63, 3.8) is 0 Å². The van der Waals surface area contributed by atoms with Gasteiger partial charge in [-0.3, -0.25) is 0 Å². The number of benzene rings is 1. The number of rotatable bonds is 8. The van der Waals surface area contributed by atoms with Crippen molar-refractivity contribution in [1.29, 1.82) is 0 Å². The maximum absolute atomic E-state index is 9.30. The lowest BCUT2D eigenvalue weighted by atomic mass is 9.64. The second kappa shape index (κ2) is 7.39. The first kappa shape index (κ1) is 16.5. The van der Waals surface area contributed by atoms with Crippen LogP contribution in [0.25, 0.3) is 0 Å². The molecule has 3 nitrogen and oxygen atoms in total. The Bertz CT molecular complexity index is 418. The van der Waals surface area contributed by atoms with Gasteiger partial charge in [0.25, 0.3) is 0 Å². The van der Waals surface area contributed by atoms with Crippen molar-refractivity contribution in [3.05, 3.63) is 35.9 Å². The Kier molecular flexibility index (Phi) is 5.80. The zero-order valence-corrected chi connectivity index (χ0v) is 13.5. The van der Waals surface area contributed by atoms with Crippen LogP contribution in [-0.4, -0.2) is 37.0 Å². The van der Waals surface area contributed by atoms with E-state index in [0.29, 0.717) is 18.1 Å². The molecular formula is C18H29NO2. The molecule has 0 radical (unpaired) electrons. The Balaban J connectivity index is 1.89. The maximum atomic E-state index is 9.30.